The normalized spacial score (nSPS) is 8.90. The van der Waals surface area contributed by atoms with E-state index in [2.05, 4.69) is 35.8 Å². The molecule has 0 aliphatic heterocycles. The molecule has 0 aromatic heterocycles. The third-order valence-electron chi connectivity index (χ3n) is 4.14. The summed E-state index contributed by atoms with van der Waals surface area (Å²) in [4.78, 5) is 0. The summed E-state index contributed by atoms with van der Waals surface area (Å²) in [5.41, 5.74) is 4.39. The van der Waals surface area contributed by atoms with E-state index in [1.807, 2.05) is 54.6 Å². The lowest BCUT2D eigenvalue weighted by Gasteiger charge is -1.99. The molecule has 0 saturated carbocycles. The van der Waals surface area contributed by atoms with Crippen LogP contribution in [-0.2, 0) is 0 Å². The summed E-state index contributed by atoms with van der Waals surface area (Å²) in [6, 6.07) is 26.0. The van der Waals surface area contributed by atoms with Gasteiger partial charge in [0.15, 0.2) is 0 Å². The summed E-state index contributed by atoms with van der Waals surface area (Å²) in [7, 11) is 1.63. The van der Waals surface area contributed by atoms with Crippen molar-refractivity contribution in [2.24, 2.45) is 0 Å². The Morgan fingerprint density at radius 1 is 0.667 bits per heavy atom. The Balaban J connectivity index is 1.94. The highest BCUT2D eigenvalue weighted by molar-refractivity contribution is 5.67. The van der Waals surface area contributed by atoms with Crippen molar-refractivity contribution in [3.05, 3.63) is 106 Å². The molecule has 0 fully saturated rings. The van der Waals surface area contributed by atoms with Crippen LogP contribution in [0, 0.1) is 46.3 Å². The molecule has 0 bridgehead atoms. The third-order valence-corrected chi connectivity index (χ3v) is 4.14. The molecule has 0 atom stereocenters. The van der Waals surface area contributed by atoms with Crippen molar-refractivity contribution in [2.45, 2.75) is 0 Å². The Bertz CT molecular complexity index is 1180. The molecule has 3 aromatic rings. The highest BCUT2D eigenvalue weighted by Crippen LogP contribution is 2.14. The Hall–Kier alpha value is -4.70. The predicted molar refractivity (Wildman–Crippen MR) is 117 cm³/mol. The zero-order valence-electron chi connectivity index (χ0n) is 16.3. The lowest BCUT2D eigenvalue weighted by Crippen LogP contribution is -1.83. The molecule has 3 heteroatoms. The first-order chi connectivity index (χ1) is 14.7. The molecule has 0 amide bonds. The van der Waals surface area contributed by atoms with Crippen LogP contribution in [-0.4, -0.2) is 7.11 Å². The number of nitriles is 2. The van der Waals surface area contributed by atoms with Gasteiger partial charge in [-0.05, 0) is 72.3 Å². The Kier molecular flexibility index (Phi) is 6.69. The van der Waals surface area contributed by atoms with Crippen molar-refractivity contribution in [1.82, 2.24) is 0 Å². The van der Waals surface area contributed by atoms with Gasteiger partial charge in [-0.3, -0.25) is 0 Å². The molecule has 0 spiro atoms. The maximum Gasteiger partial charge on any atom is 0.118 e. The van der Waals surface area contributed by atoms with Crippen LogP contribution in [0.4, 0.5) is 0 Å². The number of nitrogens with zero attached hydrogens (tertiary/aromatic N) is 2. The fourth-order valence-corrected chi connectivity index (χ4v) is 2.51. The average molecular weight is 384 g/mol. The molecule has 140 valence electrons. The number of ether oxygens (including phenoxy) is 1. The molecule has 0 aliphatic carbocycles. The first-order valence-electron chi connectivity index (χ1n) is 9.10. The summed E-state index contributed by atoms with van der Waals surface area (Å²) in [6.45, 7) is 0. The molecular weight excluding hydrogens is 368 g/mol. The lowest BCUT2D eigenvalue weighted by molar-refractivity contribution is 0.415. The van der Waals surface area contributed by atoms with Crippen molar-refractivity contribution >= 4 is 6.08 Å². The van der Waals surface area contributed by atoms with Gasteiger partial charge in [0.05, 0.1) is 35.9 Å². The predicted octanol–water partition coefficient (Wildman–Crippen LogP) is 4.93. The zero-order chi connectivity index (χ0) is 21.2. The monoisotopic (exact) mass is 384 g/mol. The Morgan fingerprint density at radius 3 is 1.50 bits per heavy atom. The molecule has 0 N–H and O–H groups in total. The van der Waals surface area contributed by atoms with Crippen molar-refractivity contribution in [3.8, 4) is 41.6 Å². The van der Waals surface area contributed by atoms with E-state index >= 15 is 0 Å². The second-order valence-corrected chi connectivity index (χ2v) is 6.21. The highest BCUT2D eigenvalue weighted by atomic mass is 16.5. The number of methoxy groups -OCH3 is 1. The van der Waals surface area contributed by atoms with Crippen LogP contribution in [0.25, 0.3) is 6.08 Å². The quantitative estimate of drug-likeness (QED) is 0.589. The maximum absolute atomic E-state index is 8.92. The van der Waals surface area contributed by atoms with E-state index in [1.165, 1.54) is 0 Å². The van der Waals surface area contributed by atoms with Crippen molar-refractivity contribution in [2.75, 3.05) is 7.11 Å². The van der Waals surface area contributed by atoms with E-state index in [-0.39, 0.29) is 0 Å². The van der Waals surface area contributed by atoms with Gasteiger partial charge in [-0.2, -0.15) is 10.5 Å². The number of hydrogen-bond donors (Lipinski definition) is 0. The topological polar surface area (TPSA) is 56.8 Å². The molecule has 3 aromatic carbocycles. The summed E-state index contributed by atoms with van der Waals surface area (Å²) >= 11 is 0. The van der Waals surface area contributed by atoms with E-state index in [0.29, 0.717) is 16.7 Å². The molecule has 0 aliphatic rings. The second kappa shape index (κ2) is 10.0. The fraction of sp³-hybridized carbons (Fsp3) is 0.0370. The van der Waals surface area contributed by atoms with Crippen LogP contribution in [0.5, 0.6) is 5.75 Å². The van der Waals surface area contributed by atoms with Gasteiger partial charge in [0, 0.05) is 11.1 Å². The standard InChI is InChI=1S/C27H16N2O/c1-30-27-16-14-24(15-17-27)18-23(8-2-21-4-10-25(19-28)11-5-21)9-3-22-6-12-26(20-29)13-7-22/h4-7,10-18H,1H3. The SMILES string of the molecule is COc1ccc(C=C(C#Cc2ccc(C#N)cc2)C#Cc2ccc(C#N)cc2)cc1. The highest BCUT2D eigenvalue weighted by Gasteiger charge is 1.95. The number of rotatable bonds is 2. The summed E-state index contributed by atoms with van der Waals surface area (Å²) < 4.78 is 5.20. The molecule has 0 heterocycles. The van der Waals surface area contributed by atoms with Crippen LogP contribution < -0.4 is 4.74 Å². The summed E-state index contributed by atoms with van der Waals surface area (Å²) in [6.07, 6.45) is 1.91. The maximum atomic E-state index is 8.92. The van der Waals surface area contributed by atoms with Crippen LogP contribution in [0.15, 0.2) is 78.4 Å². The molecule has 3 rings (SSSR count). The van der Waals surface area contributed by atoms with Crippen molar-refractivity contribution in [1.29, 1.82) is 10.5 Å². The van der Waals surface area contributed by atoms with E-state index in [9.17, 15) is 0 Å². The zero-order valence-corrected chi connectivity index (χ0v) is 16.3. The van der Waals surface area contributed by atoms with E-state index in [1.54, 1.807) is 31.4 Å². The number of allylic oxidation sites excluding steroid dienone is 1. The summed E-state index contributed by atoms with van der Waals surface area (Å²) in [5, 5.41) is 17.8. The minimum absolute atomic E-state index is 0.593. The van der Waals surface area contributed by atoms with E-state index < -0.39 is 0 Å². The smallest absolute Gasteiger partial charge is 0.118 e. The van der Waals surface area contributed by atoms with Crippen molar-refractivity contribution < 1.29 is 4.74 Å². The second-order valence-electron chi connectivity index (χ2n) is 6.21. The fourth-order valence-electron chi connectivity index (χ4n) is 2.51. The van der Waals surface area contributed by atoms with Gasteiger partial charge in [0.1, 0.15) is 5.75 Å². The number of hydrogen-bond acceptors (Lipinski definition) is 3. The summed E-state index contributed by atoms with van der Waals surface area (Å²) in [5.74, 6) is 13.2. The van der Waals surface area contributed by atoms with Gasteiger partial charge < -0.3 is 4.74 Å². The third kappa shape index (κ3) is 5.65. The van der Waals surface area contributed by atoms with Gasteiger partial charge in [-0.25, -0.2) is 0 Å². The molecular formula is C27H16N2O. The number of benzene rings is 3. The van der Waals surface area contributed by atoms with E-state index in [0.717, 1.165) is 22.4 Å². The van der Waals surface area contributed by atoms with Gasteiger partial charge in [-0.15, -0.1) is 0 Å². The van der Waals surface area contributed by atoms with Gasteiger partial charge in [-0.1, -0.05) is 35.8 Å². The van der Waals surface area contributed by atoms with E-state index in [4.69, 9.17) is 15.3 Å². The van der Waals surface area contributed by atoms with Crippen LogP contribution in [0.1, 0.15) is 27.8 Å². The average Bonchev–Trinajstić information content (AvgIpc) is 2.82. The first-order valence-corrected chi connectivity index (χ1v) is 9.10. The van der Waals surface area contributed by atoms with Crippen LogP contribution >= 0.6 is 0 Å². The van der Waals surface area contributed by atoms with Gasteiger partial charge >= 0.3 is 0 Å². The van der Waals surface area contributed by atoms with Crippen LogP contribution in [0.3, 0.4) is 0 Å². The molecule has 0 unspecified atom stereocenters. The Labute approximate surface area is 176 Å². The van der Waals surface area contributed by atoms with Gasteiger partial charge in [0.25, 0.3) is 0 Å². The largest absolute Gasteiger partial charge is 0.497 e. The Morgan fingerprint density at radius 2 is 1.10 bits per heavy atom. The van der Waals surface area contributed by atoms with Crippen molar-refractivity contribution in [3.63, 3.8) is 0 Å². The van der Waals surface area contributed by atoms with Gasteiger partial charge in [0.2, 0.25) is 0 Å². The minimum Gasteiger partial charge on any atom is -0.497 e. The lowest BCUT2D eigenvalue weighted by atomic mass is 10.1. The molecule has 30 heavy (non-hydrogen) atoms. The molecule has 0 saturated heterocycles. The molecule has 3 nitrogen and oxygen atoms in total. The van der Waals surface area contributed by atoms with Crippen LogP contribution in [0.2, 0.25) is 0 Å². The molecule has 0 radical (unpaired) electrons. The minimum atomic E-state index is 0.593. The first kappa shape index (κ1) is 20.0.